The first-order valence-electron chi connectivity index (χ1n) is 8.77. The van der Waals surface area contributed by atoms with E-state index in [4.69, 9.17) is 4.74 Å². The number of nitrogens with one attached hydrogen (secondary N) is 1. The van der Waals surface area contributed by atoms with Gasteiger partial charge in [-0.05, 0) is 56.9 Å². The minimum Gasteiger partial charge on any atom is -0.378 e. The SMILES string of the molecule is C1COC(CCCC(CNC2CC2)C2CCCC2)C1. The Bertz CT molecular complexity index is 252. The van der Waals surface area contributed by atoms with Gasteiger partial charge < -0.3 is 10.1 Å². The first-order chi connectivity index (χ1) is 9.42. The molecule has 0 aromatic carbocycles. The normalized spacial score (nSPS) is 30.0. The van der Waals surface area contributed by atoms with E-state index in [-0.39, 0.29) is 0 Å². The summed E-state index contributed by atoms with van der Waals surface area (Å²) in [6, 6.07) is 0.877. The van der Waals surface area contributed by atoms with Crippen LogP contribution in [0.5, 0.6) is 0 Å². The van der Waals surface area contributed by atoms with Gasteiger partial charge in [0.05, 0.1) is 6.10 Å². The Morgan fingerprint density at radius 2 is 1.84 bits per heavy atom. The zero-order valence-electron chi connectivity index (χ0n) is 12.4. The molecular weight excluding hydrogens is 234 g/mol. The molecule has 2 saturated carbocycles. The van der Waals surface area contributed by atoms with Crippen molar-refractivity contribution in [2.45, 2.75) is 82.8 Å². The summed E-state index contributed by atoms with van der Waals surface area (Å²) in [5.74, 6) is 1.97. The quantitative estimate of drug-likeness (QED) is 0.719. The minimum atomic E-state index is 0.598. The predicted molar refractivity (Wildman–Crippen MR) is 79.3 cm³/mol. The van der Waals surface area contributed by atoms with Crippen LogP contribution in [0.2, 0.25) is 0 Å². The van der Waals surface area contributed by atoms with Crippen LogP contribution in [0.1, 0.15) is 70.6 Å². The third-order valence-electron chi connectivity index (χ3n) is 5.44. The summed E-state index contributed by atoms with van der Waals surface area (Å²) in [4.78, 5) is 0. The van der Waals surface area contributed by atoms with Crippen LogP contribution in [-0.2, 0) is 4.74 Å². The third kappa shape index (κ3) is 4.46. The lowest BCUT2D eigenvalue weighted by Crippen LogP contribution is -2.29. The van der Waals surface area contributed by atoms with E-state index < -0.39 is 0 Å². The van der Waals surface area contributed by atoms with Crippen LogP contribution in [0.4, 0.5) is 0 Å². The van der Waals surface area contributed by atoms with Gasteiger partial charge in [-0.1, -0.05) is 32.1 Å². The summed E-state index contributed by atoms with van der Waals surface area (Å²) in [5.41, 5.74) is 0. The number of hydrogen-bond acceptors (Lipinski definition) is 2. The molecule has 1 N–H and O–H groups in total. The van der Waals surface area contributed by atoms with Gasteiger partial charge in [0.15, 0.2) is 0 Å². The monoisotopic (exact) mass is 265 g/mol. The summed E-state index contributed by atoms with van der Waals surface area (Å²) in [6.45, 7) is 2.31. The molecule has 0 amide bonds. The summed E-state index contributed by atoms with van der Waals surface area (Å²) < 4.78 is 5.75. The Kier molecular flexibility index (Phi) is 5.17. The Labute approximate surface area is 118 Å². The third-order valence-corrected chi connectivity index (χ3v) is 5.44. The molecule has 0 radical (unpaired) electrons. The van der Waals surface area contributed by atoms with E-state index in [0.717, 1.165) is 24.5 Å². The topological polar surface area (TPSA) is 21.3 Å². The zero-order valence-corrected chi connectivity index (χ0v) is 12.4. The maximum absolute atomic E-state index is 5.75. The summed E-state index contributed by atoms with van der Waals surface area (Å²) in [6.07, 6.45) is 16.1. The fraction of sp³-hybridized carbons (Fsp3) is 1.00. The zero-order chi connectivity index (χ0) is 12.9. The lowest BCUT2D eigenvalue weighted by molar-refractivity contribution is 0.0995. The average molecular weight is 265 g/mol. The van der Waals surface area contributed by atoms with Gasteiger partial charge in [0, 0.05) is 12.6 Å². The maximum Gasteiger partial charge on any atom is 0.0576 e. The van der Waals surface area contributed by atoms with E-state index in [1.165, 1.54) is 77.2 Å². The highest BCUT2D eigenvalue weighted by atomic mass is 16.5. The molecule has 3 rings (SSSR count). The van der Waals surface area contributed by atoms with Crippen LogP contribution < -0.4 is 5.32 Å². The summed E-state index contributed by atoms with van der Waals surface area (Å²) in [5, 5.41) is 3.78. The smallest absolute Gasteiger partial charge is 0.0576 e. The highest BCUT2D eigenvalue weighted by Crippen LogP contribution is 2.34. The van der Waals surface area contributed by atoms with Gasteiger partial charge >= 0.3 is 0 Å². The average Bonchev–Trinajstić information content (AvgIpc) is 2.92. The van der Waals surface area contributed by atoms with Crippen molar-refractivity contribution in [3.63, 3.8) is 0 Å². The standard InChI is InChI=1S/C17H31NO/c1-2-6-14(5-1)15(13-18-16-10-11-16)7-3-8-17-9-4-12-19-17/h14-18H,1-13H2. The van der Waals surface area contributed by atoms with Gasteiger partial charge in [0.1, 0.15) is 0 Å². The van der Waals surface area contributed by atoms with Gasteiger partial charge in [-0.3, -0.25) is 0 Å². The summed E-state index contributed by atoms with van der Waals surface area (Å²) in [7, 11) is 0. The van der Waals surface area contributed by atoms with Gasteiger partial charge in [-0.15, -0.1) is 0 Å². The lowest BCUT2D eigenvalue weighted by Gasteiger charge is -2.24. The molecule has 2 aliphatic carbocycles. The van der Waals surface area contributed by atoms with Gasteiger partial charge in [0.2, 0.25) is 0 Å². The largest absolute Gasteiger partial charge is 0.378 e. The molecule has 0 aromatic rings. The summed E-state index contributed by atoms with van der Waals surface area (Å²) >= 11 is 0. The lowest BCUT2D eigenvalue weighted by atomic mass is 9.86. The minimum absolute atomic E-state index is 0.598. The van der Waals surface area contributed by atoms with Crippen molar-refractivity contribution in [1.29, 1.82) is 0 Å². The van der Waals surface area contributed by atoms with Crippen LogP contribution in [0.3, 0.4) is 0 Å². The number of ether oxygens (including phenoxy) is 1. The molecule has 1 saturated heterocycles. The van der Waals surface area contributed by atoms with Crippen molar-refractivity contribution in [3.8, 4) is 0 Å². The molecule has 0 aromatic heterocycles. The van der Waals surface area contributed by atoms with E-state index in [1.54, 1.807) is 0 Å². The Morgan fingerprint density at radius 3 is 2.53 bits per heavy atom. The molecule has 2 unspecified atom stereocenters. The molecule has 2 heteroatoms. The fourth-order valence-electron chi connectivity index (χ4n) is 4.02. The molecule has 19 heavy (non-hydrogen) atoms. The van der Waals surface area contributed by atoms with Crippen LogP contribution in [0.15, 0.2) is 0 Å². The molecule has 2 atom stereocenters. The first kappa shape index (κ1) is 13.9. The Morgan fingerprint density at radius 1 is 1.00 bits per heavy atom. The highest BCUT2D eigenvalue weighted by Gasteiger charge is 2.28. The van der Waals surface area contributed by atoms with Crippen molar-refractivity contribution in [2.75, 3.05) is 13.2 Å². The predicted octanol–water partition coefficient (Wildman–Crippen LogP) is 3.89. The van der Waals surface area contributed by atoms with Gasteiger partial charge in [0.25, 0.3) is 0 Å². The fourth-order valence-corrected chi connectivity index (χ4v) is 4.02. The second-order valence-corrected chi connectivity index (χ2v) is 7.05. The second kappa shape index (κ2) is 7.08. The van der Waals surface area contributed by atoms with Crippen molar-refractivity contribution in [2.24, 2.45) is 11.8 Å². The molecule has 0 bridgehead atoms. The van der Waals surface area contributed by atoms with Crippen LogP contribution in [0, 0.1) is 11.8 Å². The first-order valence-corrected chi connectivity index (χ1v) is 8.77. The van der Waals surface area contributed by atoms with Crippen molar-refractivity contribution < 1.29 is 4.74 Å². The van der Waals surface area contributed by atoms with Gasteiger partial charge in [-0.25, -0.2) is 0 Å². The molecule has 3 fully saturated rings. The van der Waals surface area contributed by atoms with Gasteiger partial charge in [-0.2, -0.15) is 0 Å². The molecule has 0 spiro atoms. The van der Waals surface area contributed by atoms with E-state index in [0.29, 0.717) is 6.10 Å². The Balaban J connectivity index is 1.38. The molecule has 110 valence electrons. The molecule has 3 aliphatic rings. The van der Waals surface area contributed by atoms with Crippen molar-refractivity contribution in [1.82, 2.24) is 5.32 Å². The Hall–Kier alpha value is -0.0800. The van der Waals surface area contributed by atoms with Crippen molar-refractivity contribution in [3.05, 3.63) is 0 Å². The number of rotatable bonds is 8. The van der Waals surface area contributed by atoms with E-state index in [9.17, 15) is 0 Å². The maximum atomic E-state index is 5.75. The van der Waals surface area contributed by atoms with Crippen LogP contribution in [-0.4, -0.2) is 25.3 Å². The van der Waals surface area contributed by atoms with Crippen LogP contribution in [0.25, 0.3) is 0 Å². The molecule has 2 nitrogen and oxygen atoms in total. The van der Waals surface area contributed by atoms with E-state index in [2.05, 4.69) is 5.32 Å². The van der Waals surface area contributed by atoms with Crippen molar-refractivity contribution >= 4 is 0 Å². The highest BCUT2D eigenvalue weighted by molar-refractivity contribution is 4.84. The molecule has 1 aliphatic heterocycles. The van der Waals surface area contributed by atoms with E-state index >= 15 is 0 Å². The molecule has 1 heterocycles. The molecular formula is C17H31NO. The van der Waals surface area contributed by atoms with E-state index in [1.807, 2.05) is 0 Å². The second-order valence-electron chi connectivity index (χ2n) is 7.05. The number of hydrogen-bond donors (Lipinski definition) is 1. The van der Waals surface area contributed by atoms with Crippen LogP contribution >= 0.6 is 0 Å².